The van der Waals surface area contributed by atoms with Gasteiger partial charge in [0.05, 0.1) is 11.1 Å². The Bertz CT molecular complexity index is 88.9. The number of hydrogen-bond acceptors (Lipinski definition) is 3. The molecule has 0 heterocycles. The molecule has 0 aromatic rings. The minimum Gasteiger partial charge on any atom is -0.389 e. The van der Waals surface area contributed by atoms with Crippen molar-refractivity contribution in [2.75, 3.05) is 7.05 Å². The van der Waals surface area contributed by atoms with Gasteiger partial charge in [-0.15, -0.1) is 0 Å². The smallest absolute Gasteiger partial charge is 0.249 e. The molecule has 0 aromatic carbocycles. The molecule has 4 heteroatoms. The van der Waals surface area contributed by atoms with Crippen molar-refractivity contribution in [2.45, 2.75) is 0 Å². The van der Waals surface area contributed by atoms with Gasteiger partial charge < -0.3 is 5.32 Å². The summed E-state index contributed by atoms with van der Waals surface area (Å²) in [4.78, 5) is 8.91. The van der Waals surface area contributed by atoms with E-state index in [4.69, 9.17) is 0 Å². The Balaban J connectivity index is 3.26. The maximum atomic E-state index is 9.44. The lowest BCUT2D eigenvalue weighted by Gasteiger charge is -1.77. The van der Waals surface area contributed by atoms with E-state index < -0.39 is 4.92 Å². The fourth-order valence-corrected chi connectivity index (χ4v) is 0.135. The molecule has 0 aliphatic rings. The molecule has 40 valence electrons. The molecule has 0 aromatic heterocycles. The minimum atomic E-state index is -0.531. The first-order valence-corrected chi connectivity index (χ1v) is 1.75. The van der Waals surface area contributed by atoms with Gasteiger partial charge in [-0.05, 0) is 0 Å². The Morgan fingerprint density at radius 1 is 1.86 bits per heavy atom. The van der Waals surface area contributed by atoms with Crippen LogP contribution >= 0.6 is 0 Å². The molecule has 0 saturated heterocycles. The summed E-state index contributed by atoms with van der Waals surface area (Å²) < 4.78 is 0. The summed E-state index contributed by atoms with van der Waals surface area (Å²) in [6, 6.07) is 0. The maximum absolute atomic E-state index is 9.44. The van der Waals surface area contributed by atoms with Crippen LogP contribution in [0.15, 0.2) is 12.4 Å². The summed E-state index contributed by atoms with van der Waals surface area (Å²) >= 11 is 0. The van der Waals surface area contributed by atoms with Crippen molar-refractivity contribution in [3.8, 4) is 0 Å². The quantitative estimate of drug-likeness (QED) is 0.393. The molecule has 7 heavy (non-hydrogen) atoms. The van der Waals surface area contributed by atoms with Crippen LogP contribution in [0.4, 0.5) is 0 Å². The van der Waals surface area contributed by atoms with Crippen molar-refractivity contribution in [2.24, 2.45) is 0 Å². The maximum Gasteiger partial charge on any atom is 0.249 e. The molecule has 0 aliphatic carbocycles. The molecule has 0 fully saturated rings. The van der Waals surface area contributed by atoms with E-state index in [9.17, 15) is 10.1 Å². The van der Waals surface area contributed by atoms with Gasteiger partial charge in [-0.2, -0.15) is 0 Å². The van der Waals surface area contributed by atoms with Crippen LogP contribution in [-0.4, -0.2) is 12.0 Å². The van der Waals surface area contributed by atoms with Gasteiger partial charge in [-0.25, -0.2) is 0 Å². The number of hydrogen-bond donors (Lipinski definition) is 1. The third-order valence-electron chi connectivity index (χ3n) is 0.363. The molecule has 0 aliphatic heterocycles. The Morgan fingerprint density at radius 2 is 2.43 bits per heavy atom. The topological polar surface area (TPSA) is 55.2 Å². The lowest BCUT2D eigenvalue weighted by molar-refractivity contribution is -0.402. The Hall–Kier alpha value is -1.06. The summed E-state index contributed by atoms with van der Waals surface area (Å²) in [6.45, 7) is 0. The van der Waals surface area contributed by atoms with Gasteiger partial charge in [0, 0.05) is 7.05 Å². The predicted molar refractivity (Wildman–Crippen MR) is 25.2 cm³/mol. The average molecular weight is 102 g/mol. The normalized spacial score (nSPS) is 9.29. The number of nitro groups is 1. The van der Waals surface area contributed by atoms with Gasteiger partial charge in [-0.3, -0.25) is 10.1 Å². The predicted octanol–water partition coefficient (Wildman–Crippen LogP) is -0.0463. The zero-order valence-electron chi connectivity index (χ0n) is 3.92. The fraction of sp³-hybridized carbons (Fsp3) is 0.333. The molecular formula is C3H6N2O2. The Morgan fingerprint density at radius 3 is 2.57 bits per heavy atom. The highest BCUT2D eigenvalue weighted by Crippen LogP contribution is 1.65. The van der Waals surface area contributed by atoms with Crippen molar-refractivity contribution < 1.29 is 4.92 Å². The first-order chi connectivity index (χ1) is 3.27. The van der Waals surface area contributed by atoms with Crippen molar-refractivity contribution in [1.82, 2.24) is 5.32 Å². The van der Waals surface area contributed by atoms with Gasteiger partial charge in [0.25, 0.3) is 0 Å². The van der Waals surface area contributed by atoms with E-state index in [1.165, 1.54) is 6.20 Å². The van der Waals surface area contributed by atoms with Crippen LogP contribution in [0.3, 0.4) is 0 Å². The lowest BCUT2D eigenvalue weighted by Crippen LogP contribution is -1.94. The summed E-state index contributed by atoms with van der Waals surface area (Å²) in [6.07, 6.45) is 2.08. The van der Waals surface area contributed by atoms with Gasteiger partial charge >= 0.3 is 0 Å². The van der Waals surface area contributed by atoms with Gasteiger partial charge in [0.15, 0.2) is 0 Å². The highest BCUT2D eigenvalue weighted by Gasteiger charge is 1.76. The number of rotatable bonds is 2. The molecule has 0 rings (SSSR count). The standard InChI is InChI=1S/C3H6N2O2/c1-4-2-3-5(6)7/h2-4H,1H3/b3-2-. The second-order valence-corrected chi connectivity index (χ2v) is 0.890. The minimum absolute atomic E-state index is 0.531. The highest BCUT2D eigenvalue weighted by molar-refractivity contribution is 4.64. The molecular weight excluding hydrogens is 96.0 g/mol. The van der Waals surface area contributed by atoms with E-state index in [-0.39, 0.29) is 0 Å². The van der Waals surface area contributed by atoms with Crippen LogP contribution in [0.25, 0.3) is 0 Å². The van der Waals surface area contributed by atoms with E-state index in [1.807, 2.05) is 0 Å². The first kappa shape index (κ1) is 5.94. The summed E-state index contributed by atoms with van der Waals surface area (Å²) in [5, 5.41) is 11.9. The second-order valence-electron chi connectivity index (χ2n) is 0.890. The molecule has 0 saturated carbocycles. The molecule has 0 radical (unpaired) electrons. The molecule has 0 atom stereocenters. The first-order valence-electron chi connectivity index (χ1n) is 1.75. The van der Waals surface area contributed by atoms with E-state index in [0.29, 0.717) is 0 Å². The van der Waals surface area contributed by atoms with Crippen LogP contribution in [0.1, 0.15) is 0 Å². The number of nitrogens with one attached hydrogen (secondary N) is 1. The SMILES string of the molecule is CN/C=C\[N+](=O)[O-]. The van der Waals surface area contributed by atoms with Crippen LogP contribution in [-0.2, 0) is 0 Å². The zero-order valence-corrected chi connectivity index (χ0v) is 3.92. The average Bonchev–Trinajstić information content (AvgIpc) is 1.61. The van der Waals surface area contributed by atoms with Gasteiger partial charge in [0.1, 0.15) is 0 Å². The highest BCUT2D eigenvalue weighted by atomic mass is 16.6. The summed E-state index contributed by atoms with van der Waals surface area (Å²) in [5.74, 6) is 0. The van der Waals surface area contributed by atoms with Crippen LogP contribution in [0, 0.1) is 10.1 Å². The third-order valence-corrected chi connectivity index (χ3v) is 0.363. The van der Waals surface area contributed by atoms with Crippen molar-refractivity contribution >= 4 is 0 Å². The monoisotopic (exact) mass is 102 g/mol. The van der Waals surface area contributed by atoms with E-state index in [0.717, 1.165) is 6.20 Å². The second kappa shape index (κ2) is 3.14. The Kier molecular flexibility index (Phi) is 2.67. The van der Waals surface area contributed by atoms with Crippen LogP contribution < -0.4 is 5.32 Å². The molecule has 0 unspecified atom stereocenters. The van der Waals surface area contributed by atoms with Crippen molar-refractivity contribution in [3.05, 3.63) is 22.5 Å². The fourth-order valence-electron chi connectivity index (χ4n) is 0.135. The van der Waals surface area contributed by atoms with E-state index >= 15 is 0 Å². The Labute approximate surface area is 41.0 Å². The van der Waals surface area contributed by atoms with Crippen molar-refractivity contribution in [3.63, 3.8) is 0 Å². The van der Waals surface area contributed by atoms with Gasteiger partial charge in [-0.1, -0.05) is 0 Å². The summed E-state index contributed by atoms with van der Waals surface area (Å²) in [5.41, 5.74) is 0. The number of nitrogens with zero attached hydrogens (tertiary/aromatic N) is 1. The zero-order chi connectivity index (χ0) is 5.70. The van der Waals surface area contributed by atoms with Gasteiger partial charge in [0.2, 0.25) is 6.20 Å². The third kappa shape index (κ3) is 4.94. The van der Waals surface area contributed by atoms with E-state index in [1.54, 1.807) is 7.05 Å². The molecule has 0 bridgehead atoms. The van der Waals surface area contributed by atoms with Crippen LogP contribution in [0.2, 0.25) is 0 Å². The van der Waals surface area contributed by atoms with Crippen LogP contribution in [0.5, 0.6) is 0 Å². The summed E-state index contributed by atoms with van der Waals surface area (Å²) in [7, 11) is 1.60. The van der Waals surface area contributed by atoms with Crippen molar-refractivity contribution in [1.29, 1.82) is 0 Å². The molecule has 0 spiro atoms. The van der Waals surface area contributed by atoms with E-state index in [2.05, 4.69) is 5.32 Å². The molecule has 4 nitrogen and oxygen atoms in total. The lowest BCUT2D eigenvalue weighted by atomic mass is 10.9. The largest absolute Gasteiger partial charge is 0.389 e. The molecule has 1 N–H and O–H groups in total. The molecule has 0 amide bonds.